The summed E-state index contributed by atoms with van der Waals surface area (Å²) in [6.45, 7) is 0. The number of nitrogens with zero attached hydrogens (tertiary/aromatic N) is 2. The first kappa shape index (κ1) is 43.8. The summed E-state index contributed by atoms with van der Waals surface area (Å²) in [6.07, 6.45) is 0. The molecular formula is C70H40F4N2. The van der Waals surface area contributed by atoms with Crippen molar-refractivity contribution in [2.24, 2.45) is 0 Å². The van der Waals surface area contributed by atoms with Crippen LogP contribution in [0, 0.1) is 23.3 Å². The van der Waals surface area contributed by atoms with Gasteiger partial charge in [-0.15, -0.1) is 0 Å². The molecule has 15 aromatic carbocycles. The number of hydrogen-bond donors (Lipinski definition) is 0. The average molecular weight is 985 g/mol. The molecule has 76 heavy (non-hydrogen) atoms. The van der Waals surface area contributed by atoms with E-state index < -0.39 is 0 Å². The zero-order valence-electron chi connectivity index (χ0n) is 40.5. The first-order chi connectivity index (χ1) is 37.2. The molecule has 0 aliphatic heterocycles. The molecule has 0 N–H and O–H groups in total. The van der Waals surface area contributed by atoms with Gasteiger partial charge in [0, 0.05) is 34.1 Å². The van der Waals surface area contributed by atoms with Crippen molar-refractivity contribution in [1.29, 1.82) is 0 Å². The van der Waals surface area contributed by atoms with Crippen LogP contribution in [0.25, 0.3) is 108 Å². The Morgan fingerprint density at radius 3 is 0.671 bits per heavy atom. The molecule has 0 unspecified atom stereocenters. The van der Waals surface area contributed by atoms with Crippen LogP contribution in [0.3, 0.4) is 0 Å². The predicted molar refractivity (Wildman–Crippen MR) is 311 cm³/mol. The second-order valence-electron chi connectivity index (χ2n) is 19.9. The molecule has 0 saturated heterocycles. The summed E-state index contributed by atoms with van der Waals surface area (Å²) in [4.78, 5) is 4.45. The third-order valence-corrected chi connectivity index (χ3v) is 15.5. The summed E-state index contributed by atoms with van der Waals surface area (Å²) in [7, 11) is 0. The van der Waals surface area contributed by atoms with Crippen molar-refractivity contribution in [3.8, 4) is 0 Å². The second-order valence-corrected chi connectivity index (χ2v) is 19.9. The molecule has 6 heteroatoms. The molecule has 0 bridgehead atoms. The molecular weight excluding hydrogens is 945 g/mol. The Kier molecular flexibility index (Phi) is 9.72. The number of anilines is 6. The summed E-state index contributed by atoms with van der Waals surface area (Å²) in [6, 6.07) is 79.2. The average Bonchev–Trinajstić information content (AvgIpc) is 3.58. The molecule has 0 saturated carbocycles. The Balaban J connectivity index is 0.940. The van der Waals surface area contributed by atoms with Gasteiger partial charge in [-0.05, 0) is 241 Å². The Morgan fingerprint density at radius 1 is 0.171 bits per heavy atom. The Hall–Kier alpha value is -9.78. The number of rotatable bonds is 6. The standard InChI is InChI=1S/C70H40F4N2/c71-49-17-9-45-33-53(21-13-41(45)29-49)75(54-22-14-42-30-50(72)18-10-46(42)34-54)57-25-27-63-65(37-57)59-5-1-3-7-61(59)67-39-70-64-28-26-58(38-66(64)60-6-2-4-8-62(60)68(70)40-69(63)67)76(55-23-15-43-31-51(73)19-11-47(43)35-55)56-24-16-44-32-52(74)20-12-48(44)36-56/h1-40H. The van der Waals surface area contributed by atoms with Gasteiger partial charge in [-0.2, -0.15) is 0 Å². The molecule has 0 amide bonds. The van der Waals surface area contributed by atoms with Crippen molar-refractivity contribution < 1.29 is 17.6 Å². The Labute approximate surface area is 433 Å². The van der Waals surface area contributed by atoms with Gasteiger partial charge in [0.2, 0.25) is 0 Å². The lowest BCUT2D eigenvalue weighted by Crippen LogP contribution is -2.10. The fourth-order valence-corrected chi connectivity index (χ4v) is 11.9. The summed E-state index contributed by atoms with van der Waals surface area (Å²) in [5.41, 5.74) is 5.51. The first-order valence-electron chi connectivity index (χ1n) is 25.3. The van der Waals surface area contributed by atoms with E-state index in [9.17, 15) is 17.6 Å². The maximum absolute atomic E-state index is 14.4. The second kappa shape index (κ2) is 16.9. The Bertz CT molecular complexity index is 4490. The SMILES string of the molecule is Fc1ccc2cc(N(c3ccc4cc(F)ccc4c3)c3ccc4c(c3)c3ccccc3c3cc5c6ccc(N(c7ccc8cc(F)ccc8c7)c7ccc8cc(F)ccc8c7)cc6c6ccccc6c5cc43)ccc2c1. The first-order valence-corrected chi connectivity index (χ1v) is 25.3. The quantitative estimate of drug-likeness (QED) is 0.0931. The molecule has 0 aliphatic carbocycles. The maximum Gasteiger partial charge on any atom is 0.123 e. The molecule has 0 spiro atoms. The topological polar surface area (TPSA) is 6.48 Å². The largest absolute Gasteiger partial charge is 0.310 e. The molecule has 0 aromatic heterocycles. The molecule has 0 aliphatic rings. The van der Waals surface area contributed by atoms with Crippen LogP contribution in [0.15, 0.2) is 243 Å². The minimum atomic E-state index is -0.282. The molecule has 0 fully saturated rings. The van der Waals surface area contributed by atoms with E-state index in [-0.39, 0.29) is 23.3 Å². The number of halogens is 4. The molecule has 0 radical (unpaired) electrons. The fourth-order valence-electron chi connectivity index (χ4n) is 11.9. The van der Waals surface area contributed by atoms with Gasteiger partial charge >= 0.3 is 0 Å². The van der Waals surface area contributed by atoms with Gasteiger partial charge in [0.05, 0.1) is 0 Å². The fraction of sp³-hybridized carbons (Fsp3) is 0. The van der Waals surface area contributed by atoms with E-state index in [4.69, 9.17) is 0 Å². The number of fused-ring (bicyclic) bond motifs is 16. The lowest BCUT2D eigenvalue weighted by atomic mass is 9.88. The number of hydrogen-bond acceptors (Lipinski definition) is 2. The molecule has 15 aromatic rings. The van der Waals surface area contributed by atoms with Gasteiger partial charge in [-0.1, -0.05) is 109 Å². The third kappa shape index (κ3) is 7.09. The van der Waals surface area contributed by atoms with Gasteiger partial charge in [0.15, 0.2) is 0 Å². The highest BCUT2D eigenvalue weighted by Gasteiger charge is 2.21. The highest BCUT2D eigenvalue weighted by Crippen LogP contribution is 2.47. The minimum absolute atomic E-state index is 0.282. The molecule has 358 valence electrons. The highest BCUT2D eigenvalue weighted by atomic mass is 19.1. The molecule has 0 heterocycles. The molecule has 15 rings (SSSR count). The van der Waals surface area contributed by atoms with E-state index in [0.717, 1.165) is 142 Å². The normalized spacial score (nSPS) is 11.9. The van der Waals surface area contributed by atoms with Gasteiger partial charge in [0.25, 0.3) is 0 Å². The smallest absolute Gasteiger partial charge is 0.123 e. The molecule has 2 nitrogen and oxygen atoms in total. The predicted octanol–water partition coefficient (Wildman–Crippen LogP) is 20.7. The highest BCUT2D eigenvalue weighted by molar-refractivity contribution is 6.33. The zero-order valence-corrected chi connectivity index (χ0v) is 40.5. The number of benzene rings is 15. The minimum Gasteiger partial charge on any atom is -0.310 e. The van der Waals surface area contributed by atoms with Crippen molar-refractivity contribution in [3.05, 3.63) is 266 Å². The summed E-state index contributed by atoms with van der Waals surface area (Å²) < 4.78 is 57.6. The Morgan fingerprint density at radius 2 is 0.382 bits per heavy atom. The van der Waals surface area contributed by atoms with Crippen LogP contribution in [-0.4, -0.2) is 0 Å². The van der Waals surface area contributed by atoms with Crippen LogP contribution >= 0.6 is 0 Å². The van der Waals surface area contributed by atoms with Crippen molar-refractivity contribution >= 4 is 142 Å². The van der Waals surface area contributed by atoms with Crippen LogP contribution in [0.1, 0.15) is 0 Å². The zero-order chi connectivity index (χ0) is 50.8. The molecule has 0 atom stereocenters. The van der Waals surface area contributed by atoms with Gasteiger partial charge in [0.1, 0.15) is 23.3 Å². The van der Waals surface area contributed by atoms with Crippen LogP contribution < -0.4 is 9.80 Å². The van der Waals surface area contributed by atoms with E-state index in [1.165, 1.54) is 24.3 Å². The summed E-state index contributed by atoms with van der Waals surface area (Å²) >= 11 is 0. The van der Waals surface area contributed by atoms with Crippen molar-refractivity contribution in [2.75, 3.05) is 9.80 Å². The maximum atomic E-state index is 14.4. The van der Waals surface area contributed by atoms with Crippen molar-refractivity contribution in [1.82, 2.24) is 0 Å². The van der Waals surface area contributed by atoms with Crippen LogP contribution in [0.4, 0.5) is 51.7 Å². The third-order valence-electron chi connectivity index (χ3n) is 15.5. The lowest BCUT2D eigenvalue weighted by molar-refractivity contribution is 0.629. The van der Waals surface area contributed by atoms with Gasteiger partial charge < -0.3 is 9.80 Å². The van der Waals surface area contributed by atoms with Crippen LogP contribution in [0.5, 0.6) is 0 Å². The lowest BCUT2D eigenvalue weighted by Gasteiger charge is -2.27. The van der Waals surface area contributed by atoms with Crippen molar-refractivity contribution in [3.63, 3.8) is 0 Å². The van der Waals surface area contributed by atoms with Gasteiger partial charge in [-0.25, -0.2) is 17.6 Å². The van der Waals surface area contributed by atoms with Gasteiger partial charge in [-0.3, -0.25) is 0 Å². The van der Waals surface area contributed by atoms with Crippen LogP contribution in [0.2, 0.25) is 0 Å². The van der Waals surface area contributed by atoms with Crippen LogP contribution in [-0.2, 0) is 0 Å². The van der Waals surface area contributed by atoms with E-state index in [1.54, 1.807) is 24.3 Å². The van der Waals surface area contributed by atoms with E-state index in [0.29, 0.717) is 0 Å². The van der Waals surface area contributed by atoms with E-state index in [1.807, 2.05) is 72.8 Å². The summed E-state index contributed by atoms with van der Waals surface area (Å²) in [5, 5.41) is 20.4. The summed E-state index contributed by atoms with van der Waals surface area (Å²) in [5.74, 6) is -1.13. The monoisotopic (exact) mass is 984 g/mol. The van der Waals surface area contributed by atoms with Crippen molar-refractivity contribution in [2.45, 2.75) is 0 Å². The van der Waals surface area contributed by atoms with E-state index >= 15 is 0 Å². The van der Waals surface area contributed by atoms with E-state index in [2.05, 4.69) is 131 Å².